The summed E-state index contributed by atoms with van der Waals surface area (Å²) in [6.45, 7) is 10.5. The van der Waals surface area contributed by atoms with E-state index in [0.29, 0.717) is 26.2 Å². The van der Waals surface area contributed by atoms with Gasteiger partial charge in [-0.1, -0.05) is 6.92 Å². The Kier molecular flexibility index (Phi) is 9.83. The van der Waals surface area contributed by atoms with Crippen molar-refractivity contribution in [3.05, 3.63) is 0 Å². The molecule has 0 aromatic heterocycles. The highest BCUT2D eigenvalue weighted by atomic mass is 16.5. The van der Waals surface area contributed by atoms with Crippen LogP contribution in [0, 0.1) is 0 Å². The van der Waals surface area contributed by atoms with E-state index < -0.39 is 0 Å². The van der Waals surface area contributed by atoms with Crippen LogP contribution in [0.5, 0.6) is 0 Å². The zero-order chi connectivity index (χ0) is 14.7. The van der Waals surface area contributed by atoms with Crippen LogP contribution in [0.2, 0.25) is 0 Å². The standard InChI is InChI=1S/C14H29NO4/c1-6-8-15-12(13(16)17-5)7-9-18-10-11-19-14(2,3)4/h12,15H,6-11H2,1-5H3. The summed E-state index contributed by atoms with van der Waals surface area (Å²) in [7, 11) is 1.40. The number of esters is 1. The lowest BCUT2D eigenvalue weighted by molar-refractivity contribution is -0.143. The lowest BCUT2D eigenvalue weighted by atomic mass is 10.2. The molecule has 0 fully saturated rings. The van der Waals surface area contributed by atoms with Gasteiger partial charge in [0.05, 0.1) is 25.9 Å². The second kappa shape index (κ2) is 10.2. The van der Waals surface area contributed by atoms with Crippen molar-refractivity contribution in [2.45, 2.75) is 52.2 Å². The van der Waals surface area contributed by atoms with Gasteiger partial charge in [0, 0.05) is 6.61 Å². The van der Waals surface area contributed by atoms with Crippen LogP contribution in [0.15, 0.2) is 0 Å². The van der Waals surface area contributed by atoms with E-state index in [1.165, 1.54) is 7.11 Å². The Morgan fingerprint density at radius 2 is 1.89 bits per heavy atom. The first-order chi connectivity index (χ1) is 8.90. The number of carbonyl (C=O) groups is 1. The van der Waals surface area contributed by atoms with Gasteiger partial charge in [-0.2, -0.15) is 0 Å². The predicted molar refractivity (Wildman–Crippen MR) is 75.2 cm³/mol. The van der Waals surface area contributed by atoms with Crippen LogP contribution in [0.25, 0.3) is 0 Å². The van der Waals surface area contributed by atoms with Gasteiger partial charge in [-0.25, -0.2) is 0 Å². The molecule has 5 heteroatoms. The monoisotopic (exact) mass is 275 g/mol. The van der Waals surface area contributed by atoms with Gasteiger partial charge in [0.25, 0.3) is 0 Å². The van der Waals surface area contributed by atoms with Crippen molar-refractivity contribution < 1.29 is 19.0 Å². The van der Waals surface area contributed by atoms with Crippen molar-refractivity contribution in [2.24, 2.45) is 0 Å². The summed E-state index contributed by atoms with van der Waals surface area (Å²) in [4.78, 5) is 11.5. The third-order valence-electron chi connectivity index (χ3n) is 2.44. The van der Waals surface area contributed by atoms with E-state index in [-0.39, 0.29) is 17.6 Å². The molecule has 0 saturated heterocycles. The van der Waals surface area contributed by atoms with E-state index in [4.69, 9.17) is 14.2 Å². The van der Waals surface area contributed by atoms with E-state index in [2.05, 4.69) is 12.2 Å². The average molecular weight is 275 g/mol. The van der Waals surface area contributed by atoms with Crippen molar-refractivity contribution in [3.8, 4) is 0 Å². The Balaban J connectivity index is 3.72. The van der Waals surface area contributed by atoms with Gasteiger partial charge in [-0.3, -0.25) is 4.79 Å². The maximum absolute atomic E-state index is 11.5. The summed E-state index contributed by atoms with van der Waals surface area (Å²) in [6.07, 6.45) is 1.59. The third kappa shape index (κ3) is 10.9. The number of hydrogen-bond donors (Lipinski definition) is 1. The summed E-state index contributed by atoms with van der Waals surface area (Å²) < 4.78 is 15.7. The van der Waals surface area contributed by atoms with Gasteiger partial charge in [0.1, 0.15) is 6.04 Å². The zero-order valence-electron chi connectivity index (χ0n) is 13.0. The predicted octanol–water partition coefficient (Wildman–Crippen LogP) is 1.75. The first-order valence-electron chi connectivity index (χ1n) is 6.93. The normalized spacial score (nSPS) is 13.3. The van der Waals surface area contributed by atoms with Crippen LogP contribution in [0.4, 0.5) is 0 Å². The molecule has 0 bridgehead atoms. The minimum Gasteiger partial charge on any atom is -0.468 e. The molecule has 0 aliphatic heterocycles. The van der Waals surface area contributed by atoms with Gasteiger partial charge in [-0.05, 0) is 40.2 Å². The SMILES string of the molecule is CCCNC(CCOCCOC(C)(C)C)C(=O)OC. The number of nitrogens with one attached hydrogen (secondary N) is 1. The first-order valence-corrected chi connectivity index (χ1v) is 6.93. The van der Waals surface area contributed by atoms with Crippen molar-refractivity contribution >= 4 is 5.97 Å². The molecule has 0 heterocycles. The maximum Gasteiger partial charge on any atom is 0.322 e. The molecule has 1 unspecified atom stereocenters. The van der Waals surface area contributed by atoms with Crippen LogP contribution in [-0.2, 0) is 19.0 Å². The Hall–Kier alpha value is -0.650. The Labute approximate surface area is 117 Å². The van der Waals surface area contributed by atoms with Gasteiger partial charge in [0.15, 0.2) is 0 Å². The maximum atomic E-state index is 11.5. The molecule has 0 saturated carbocycles. The Morgan fingerprint density at radius 3 is 2.42 bits per heavy atom. The van der Waals surface area contributed by atoms with Gasteiger partial charge >= 0.3 is 5.97 Å². The summed E-state index contributed by atoms with van der Waals surface area (Å²) in [5.41, 5.74) is -0.138. The Bertz CT molecular complexity index is 238. The summed E-state index contributed by atoms with van der Waals surface area (Å²) in [5, 5.41) is 3.15. The third-order valence-corrected chi connectivity index (χ3v) is 2.44. The highest BCUT2D eigenvalue weighted by Gasteiger charge is 2.17. The molecule has 0 aliphatic rings. The van der Waals surface area contributed by atoms with E-state index in [0.717, 1.165) is 13.0 Å². The number of ether oxygens (including phenoxy) is 3. The molecule has 0 radical (unpaired) electrons. The van der Waals surface area contributed by atoms with E-state index in [1.807, 2.05) is 20.8 Å². The lowest BCUT2D eigenvalue weighted by Crippen LogP contribution is -2.39. The van der Waals surface area contributed by atoms with Crippen LogP contribution in [-0.4, -0.2) is 51.1 Å². The molecule has 0 aromatic carbocycles. The van der Waals surface area contributed by atoms with Crippen LogP contribution >= 0.6 is 0 Å². The van der Waals surface area contributed by atoms with E-state index >= 15 is 0 Å². The number of hydrogen-bond acceptors (Lipinski definition) is 5. The number of methoxy groups -OCH3 is 1. The molecular weight excluding hydrogens is 246 g/mol. The molecule has 1 atom stereocenters. The lowest BCUT2D eigenvalue weighted by Gasteiger charge is -2.20. The van der Waals surface area contributed by atoms with Crippen molar-refractivity contribution in [2.75, 3.05) is 33.5 Å². The zero-order valence-corrected chi connectivity index (χ0v) is 13.0. The fourth-order valence-corrected chi connectivity index (χ4v) is 1.47. The molecule has 0 amide bonds. The molecular formula is C14H29NO4. The molecule has 5 nitrogen and oxygen atoms in total. The van der Waals surface area contributed by atoms with Crippen LogP contribution in [0.1, 0.15) is 40.5 Å². The second-order valence-corrected chi connectivity index (χ2v) is 5.39. The highest BCUT2D eigenvalue weighted by Crippen LogP contribution is 2.05. The van der Waals surface area contributed by atoms with Crippen LogP contribution in [0.3, 0.4) is 0 Å². The molecule has 0 spiro atoms. The second-order valence-electron chi connectivity index (χ2n) is 5.39. The molecule has 0 aliphatic carbocycles. The van der Waals surface area contributed by atoms with Crippen molar-refractivity contribution in [1.82, 2.24) is 5.32 Å². The summed E-state index contributed by atoms with van der Waals surface area (Å²) >= 11 is 0. The average Bonchev–Trinajstić information content (AvgIpc) is 2.34. The smallest absolute Gasteiger partial charge is 0.322 e. The molecule has 1 N–H and O–H groups in total. The quantitative estimate of drug-likeness (QED) is 0.486. The van der Waals surface area contributed by atoms with Crippen molar-refractivity contribution in [3.63, 3.8) is 0 Å². The number of carbonyl (C=O) groups excluding carboxylic acids is 1. The minimum atomic E-state index is -0.284. The minimum absolute atomic E-state index is 0.138. The topological polar surface area (TPSA) is 56.8 Å². The summed E-state index contributed by atoms with van der Waals surface area (Å²) in [5.74, 6) is -0.233. The van der Waals surface area contributed by atoms with Gasteiger partial charge in [-0.15, -0.1) is 0 Å². The largest absolute Gasteiger partial charge is 0.468 e. The number of rotatable bonds is 10. The van der Waals surface area contributed by atoms with Crippen LogP contribution < -0.4 is 5.32 Å². The highest BCUT2D eigenvalue weighted by molar-refractivity contribution is 5.75. The fraction of sp³-hybridized carbons (Fsp3) is 0.929. The van der Waals surface area contributed by atoms with E-state index in [9.17, 15) is 4.79 Å². The first kappa shape index (κ1) is 18.4. The van der Waals surface area contributed by atoms with Gasteiger partial charge < -0.3 is 19.5 Å². The summed E-state index contributed by atoms with van der Waals surface area (Å²) in [6, 6.07) is -0.284. The molecule has 114 valence electrons. The Morgan fingerprint density at radius 1 is 1.21 bits per heavy atom. The molecule has 19 heavy (non-hydrogen) atoms. The van der Waals surface area contributed by atoms with E-state index in [1.54, 1.807) is 0 Å². The van der Waals surface area contributed by atoms with Gasteiger partial charge in [0.2, 0.25) is 0 Å². The molecule has 0 rings (SSSR count). The fourth-order valence-electron chi connectivity index (χ4n) is 1.47. The molecule has 0 aromatic rings. The van der Waals surface area contributed by atoms with Crippen molar-refractivity contribution in [1.29, 1.82) is 0 Å².